The van der Waals surface area contributed by atoms with Gasteiger partial charge in [-0.3, -0.25) is 9.69 Å². The second-order valence-electron chi connectivity index (χ2n) is 6.36. The summed E-state index contributed by atoms with van der Waals surface area (Å²) in [5.41, 5.74) is 0. The van der Waals surface area contributed by atoms with Crippen LogP contribution in [-0.2, 0) is 14.3 Å². The van der Waals surface area contributed by atoms with E-state index in [0.717, 1.165) is 52.5 Å². The van der Waals surface area contributed by atoms with Crippen molar-refractivity contribution in [1.29, 1.82) is 0 Å². The van der Waals surface area contributed by atoms with Crippen molar-refractivity contribution in [3.05, 3.63) is 0 Å². The third-order valence-electron chi connectivity index (χ3n) is 4.81. The highest BCUT2D eigenvalue weighted by molar-refractivity contribution is 5.85. The number of carbonyl (C=O) groups excluding carboxylic acids is 1. The molecule has 3 saturated heterocycles. The van der Waals surface area contributed by atoms with Crippen LogP contribution in [0.1, 0.15) is 13.3 Å². The summed E-state index contributed by atoms with van der Waals surface area (Å²) in [6.45, 7) is 9.98. The topological polar surface area (TPSA) is 54.0 Å². The first-order chi connectivity index (χ1) is 10.2. The van der Waals surface area contributed by atoms with Crippen LogP contribution in [0.3, 0.4) is 0 Å². The lowest BCUT2D eigenvalue weighted by Crippen LogP contribution is -2.59. The summed E-state index contributed by atoms with van der Waals surface area (Å²) in [5, 5.41) is 3.29. The van der Waals surface area contributed by atoms with Crippen LogP contribution in [-0.4, -0.2) is 86.9 Å². The van der Waals surface area contributed by atoms with Gasteiger partial charge in [0.25, 0.3) is 0 Å². The van der Waals surface area contributed by atoms with E-state index in [0.29, 0.717) is 12.5 Å². The number of piperazine rings is 1. The Balaban J connectivity index is 0.00000132. The third-order valence-corrected chi connectivity index (χ3v) is 4.81. The molecule has 0 bridgehead atoms. The van der Waals surface area contributed by atoms with Gasteiger partial charge in [0, 0.05) is 45.9 Å². The van der Waals surface area contributed by atoms with Gasteiger partial charge in [0.1, 0.15) is 6.04 Å². The molecule has 1 unspecified atom stereocenters. The minimum Gasteiger partial charge on any atom is -0.381 e. The van der Waals surface area contributed by atoms with Crippen molar-refractivity contribution in [2.45, 2.75) is 25.5 Å². The average Bonchev–Trinajstić information content (AvgIpc) is 3.01. The van der Waals surface area contributed by atoms with Gasteiger partial charge in [-0.15, -0.1) is 24.8 Å². The number of morpholine rings is 1. The Morgan fingerprint density at radius 3 is 2.52 bits per heavy atom. The van der Waals surface area contributed by atoms with Gasteiger partial charge in [-0.05, 0) is 19.3 Å². The molecule has 0 aromatic rings. The minimum atomic E-state index is -0.173. The van der Waals surface area contributed by atoms with E-state index in [2.05, 4.69) is 10.2 Å². The van der Waals surface area contributed by atoms with Crippen LogP contribution in [0.5, 0.6) is 0 Å². The Labute approximate surface area is 151 Å². The van der Waals surface area contributed by atoms with E-state index in [-0.39, 0.29) is 42.9 Å². The molecular weight excluding hydrogens is 341 g/mol. The van der Waals surface area contributed by atoms with Crippen LogP contribution in [0.25, 0.3) is 0 Å². The van der Waals surface area contributed by atoms with Crippen molar-refractivity contribution in [3.8, 4) is 0 Å². The van der Waals surface area contributed by atoms with Crippen molar-refractivity contribution in [3.63, 3.8) is 0 Å². The average molecular weight is 370 g/mol. The molecule has 0 radical (unpaired) electrons. The summed E-state index contributed by atoms with van der Waals surface area (Å²) in [6.07, 6.45) is 1.15. The summed E-state index contributed by atoms with van der Waals surface area (Å²) in [5.74, 6) is 0.881. The molecule has 3 aliphatic heterocycles. The summed E-state index contributed by atoms with van der Waals surface area (Å²) in [7, 11) is 0. The van der Waals surface area contributed by atoms with Crippen LogP contribution >= 0.6 is 24.8 Å². The molecule has 23 heavy (non-hydrogen) atoms. The van der Waals surface area contributed by atoms with Gasteiger partial charge >= 0.3 is 0 Å². The molecule has 3 rings (SSSR count). The first-order valence-electron chi connectivity index (χ1n) is 8.18. The molecule has 3 heterocycles. The van der Waals surface area contributed by atoms with E-state index in [4.69, 9.17) is 9.47 Å². The number of hydrogen-bond donors (Lipinski definition) is 1. The molecule has 0 aromatic carbocycles. The highest BCUT2D eigenvalue weighted by Gasteiger charge is 2.33. The zero-order valence-corrected chi connectivity index (χ0v) is 15.4. The van der Waals surface area contributed by atoms with Crippen LogP contribution < -0.4 is 5.32 Å². The van der Waals surface area contributed by atoms with E-state index < -0.39 is 0 Å². The van der Waals surface area contributed by atoms with Gasteiger partial charge in [-0.1, -0.05) is 0 Å². The number of halogens is 2. The fraction of sp³-hybridized carbons (Fsp3) is 0.933. The largest absolute Gasteiger partial charge is 0.381 e. The van der Waals surface area contributed by atoms with Gasteiger partial charge in [0.15, 0.2) is 0 Å². The number of nitrogens with one attached hydrogen (secondary N) is 1. The van der Waals surface area contributed by atoms with Gasteiger partial charge < -0.3 is 19.7 Å². The molecule has 0 aromatic heterocycles. The van der Waals surface area contributed by atoms with Crippen LogP contribution in [0.2, 0.25) is 0 Å². The molecule has 3 atom stereocenters. The summed E-state index contributed by atoms with van der Waals surface area (Å²) < 4.78 is 11.0. The zero-order valence-electron chi connectivity index (χ0n) is 13.7. The van der Waals surface area contributed by atoms with E-state index >= 15 is 0 Å². The fourth-order valence-electron chi connectivity index (χ4n) is 3.45. The molecular formula is C15H29Cl2N3O3. The lowest BCUT2D eigenvalue weighted by molar-refractivity contribution is -0.141. The Kier molecular flexibility index (Phi) is 9.11. The summed E-state index contributed by atoms with van der Waals surface area (Å²) in [4.78, 5) is 17.0. The number of ether oxygens (including phenoxy) is 2. The Bertz CT molecular complexity index is 362. The first kappa shape index (κ1) is 20.9. The number of carbonyl (C=O) groups is 1. The zero-order chi connectivity index (χ0) is 14.7. The quantitative estimate of drug-likeness (QED) is 0.779. The normalized spacial score (nSPS) is 32.0. The maximum atomic E-state index is 12.6. The Morgan fingerprint density at radius 1 is 1.17 bits per heavy atom. The van der Waals surface area contributed by atoms with Gasteiger partial charge in [0.2, 0.25) is 5.91 Å². The van der Waals surface area contributed by atoms with Crippen LogP contribution in [0, 0.1) is 5.92 Å². The number of nitrogens with zero attached hydrogens (tertiary/aromatic N) is 2. The number of rotatable bonds is 3. The van der Waals surface area contributed by atoms with Crippen molar-refractivity contribution >= 4 is 30.7 Å². The molecule has 0 aliphatic carbocycles. The van der Waals surface area contributed by atoms with Crippen molar-refractivity contribution < 1.29 is 14.3 Å². The van der Waals surface area contributed by atoms with E-state index in [1.165, 1.54) is 6.42 Å². The second kappa shape index (κ2) is 10.0. The molecule has 136 valence electrons. The van der Waals surface area contributed by atoms with Gasteiger partial charge in [-0.25, -0.2) is 0 Å². The van der Waals surface area contributed by atoms with Crippen LogP contribution in [0.4, 0.5) is 0 Å². The maximum absolute atomic E-state index is 12.6. The smallest absolute Gasteiger partial charge is 0.242 e. The summed E-state index contributed by atoms with van der Waals surface area (Å²) in [6, 6.07) is -0.173. The third kappa shape index (κ3) is 5.44. The lowest BCUT2D eigenvalue weighted by Gasteiger charge is -2.39. The highest BCUT2D eigenvalue weighted by atomic mass is 35.5. The minimum absolute atomic E-state index is 0. The number of hydrogen-bond acceptors (Lipinski definition) is 5. The molecule has 3 aliphatic rings. The van der Waals surface area contributed by atoms with Crippen LogP contribution in [0.15, 0.2) is 0 Å². The highest BCUT2D eigenvalue weighted by Crippen LogP contribution is 2.16. The SMILES string of the molecule is C[C@H]1OCCN[C@@H]1C(=O)N1CCN(CC2CCOC2)CC1.Cl.Cl. The van der Waals surface area contributed by atoms with Crippen molar-refractivity contribution in [2.75, 3.05) is 59.1 Å². The fourth-order valence-corrected chi connectivity index (χ4v) is 3.45. The van der Waals surface area contributed by atoms with E-state index in [1.807, 2.05) is 11.8 Å². The Morgan fingerprint density at radius 2 is 1.91 bits per heavy atom. The van der Waals surface area contributed by atoms with E-state index in [1.54, 1.807) is 0 Å². The molecule has 8 heteroatoms. The maximum Gasteiger partial charge on any atom is 0.242 e. The molecule has 0 saturated carbocycles. The standard InChI is InChI=1S/C15H27N3O3.2ClH/c1-12-14(16-3-9-21-12)15(19)18-6-4-17(5-7-18)10-13-2-8-20-11-13;;/h12-14,16H,2-11H2,1H3;2*1H/t12-,13?,14+;;/m1../s1. The molecule has 6 nitrogen and oxygen atoms in total. The predicted octanol–water partition coefficient (Wildman–Crippen LogP) is 0.388. The second-order valence-corrected chi connectivity index (χ2v) is 6.36. The van der Waals surface area contributed by atoms with Gasteiger partial charge in [0.05, 0.1) is 19.3 Å². The van der Waals surface area contributed by atoms with Crippen molar-refractivity contribution in [2.24, 2.45) is 5.92 Å². The summed E-state index contributed by atoms with van der Waals surface area (Å²) >= 11 is 0. The molecule has 1 amide bonds. The first-order valence-corrected chi connectivity index (χ1v) is 8.18. The number of amides is 1. The van der Waals surface area contributed by atoms with Crippen molar-refractivity contribution in [1.82, 2.24) is 15.1 Å². The van der Waals surface area contributed by atoms with Gasteiger partial charge in [-0.2, -0.15) is 0 Å². The molecule has 3 fully saturated rings. The lowest BCUT2D eigenvalue weighted by atomic mass is 10.1. The van der Waals surface area contributed by atoms with E-state index in [9.17, 15) is 4.79 Å². The Hall–Kier alpha value is -0.110. The molecule has 1 N–H and O–H groups in total. The molecule has 0 spiro atoms. The predicted molar refractivity (Wildman–Crippen MR) is 93.6 cm³/mol. The monoisotopic (exact) mass is 369 g/mol.